The normalized spacial score (nSPS) is 4.20. The molecule has 4 heteroatoms. The van der Waals surface area contributed by atoms with Gasteiger partial charge in [0.1, 0.15) is 0 Å². The quantitative estimate of drug-likeness (QED) is 0.126. The molecule has 0 aliphatic carbocycles. The van der Waals surface area contributed by atoms with Crippen molar-refractivity contribution in [1.29, 1.82) is 0 Å². The van der Waals surface area contributed by atoms with E-state index in [-0.39, 0.29) is 29.6 Å². The van der Waals surface area contributed by atoms with Crippen LogP contribution in [0.2, 0.25) is 0 Å². The fraction of sp³-hybridized carbons (Fsp3) is 0. The van der Waals surface area contributed by atoms with Crippen molar-refractivity contribution in [2.24, 2.45) is 5.84 Å². The number of hydrazine groups is 1. The monoisotopic (exact) mass is 84.0 g/mol. The first-order valence-electron chi connectivity index (χ1n) is 0.813. The van der Waals surface area contributed by atoms with Gasteiger partial charge in [-0.15, -0.1) is 0 Å². The minimum absolute atomic E-state index is 0. The summed E-state index contributed by atoms with van der Waals surface area (Å²) in [7, 11) is 0. The van der Waals surface area contributed by atoms with Crippen molar-refractivity contribution in [3.63, 3.8) is 0 Å². The van der Waals surface area contributed by atoms with Gasteiger partial charge in [-0.25, -0.2) is 5.84 Å². The minimum atomic E-state index is 0. The molecule has 3 nitrogen and oxygen atoms in total. The van der Waals surface area contributed by atoms with Gasteiger partial charge in [0.2, 0.25) is 6.41 Å². The van der Waals surface area contributed by atoms with Crippen molar-refractivity contribution < 1.29 is 4.79 Å². The molecule has 0 bridgehead atoms. The van der Waals surface area contributed by atoms with Crippen molar-refractivity contribution in [3.8, 4) is 0 Å². The molecule has 0 aliphatic rings. The second kappa shape index (κ2) is 8.83. The molecule has 0 fully saturated rings. The Morgan fingerprint density at radius 1 is 1.80 bits per heavy atom. The van der Waals surface area contributed by atoms with Crippen LogP contribution in [-0.4, -0.2) is 36.0 Å². The molecule has 0 aromatic carbocycles. The summed E-state index contributed by atoms with van der Waals surface area (Å²) in [5, 5.41) is 0. The van der Waals surface area contributed by atoms with E-state index >= 15 is 0 Å². The van der Waals surface area contributed by atoms with E-state index in [1.54, 1.807) is 5.43 Å². The molecule has 0 saturated heterocycles. The van der Waals surface area contributed by atoms with E-state index in [1.165, 1.54) is 0 Å². The Morgan fingerprint density at radius 2 is 2.00 bits per heavy atom. The average Bonchev–Trinajstić information content (AvgIpc) is 1.37. The molecule has 0 atom stereocenters. The topological polar surface area (TPSA) is 55.1 Å². The Balaban J connectivity index is 0. The summed E-state index contributed by atoms with van der Waals surface area (Å²) in [5.74, 6) is 4.41. The molecule has 0 unspecified atom stereocenters. The van der Waals surface area contributed by atoms with E-state index in [0.29, 0.717) is 6.41 Å². The zero-order chi connectivity index (χ0) is 3.41. The SMILES string of the molecule is NNC=O.[NaH]. The molecule has 0 aromatic rings. The summed E-state index contributed by atoms with van der Waals surface area (Å²) >= 11 is 0. The van der Waals surface area contributed by atoms with Crippen LogP contribution in [0.3, 0.4) is 0 Å². The number of nitrogens with one attached hydrogen (secondary N) is 1. The van der Waals surface area contributed by atoms with Gasteiger partial charge >= 0.3 is 29.6 Å². The average molecular weight is 84.1 g/mol. The van der Waals surface area contributed by atoms with Crippen molar-refractivity contribution in [3.05, 3.63) is 0 Å². The van der Waals surface area contributed by atoms with Crippen LogP contribution in [0, 0.1) is 0 Å². The van der Waals surface area contributed by atoms with Gasteiger partial charge in [0, 0.05) is 0 Å². The Bertz CT molecular complexity index is 23.6. The van der Waals surface area contributed by atoms with Crippen molar-refractivity contribution in [1.82, 2.24) is 5.43 Å². The van der Waals surface area contributed by atoms with Gasteiger partial charge in [0.15, 0.2) is 0 Å². The van der Waals surface area contributed by atoms with Crippen LogP contribution in [-0.2, 0) is 4.79 Å². The third kappa shape index (κ3) is 12.8. The van der Waals surface area contributed by atoms with Gasteiger partial charge in [-0.3, -0.25) is 10.2 Å². The van der Waals surface area contributed by atoms with E-state index in [1.807, 2.05) is 0 Å². The maximum absolute atomic E-state index is 8.94. The molecule has 5 heavy (non-hydrogen) atoms. The molecule has 0 aromatic heterocycles. The molecule has 0 saturated carbocycles. The first-order valence-corrected chi connectivity index (χ1v) is 0.813. The van der Waals surface area contributed by atoms with Crippen molar-refractivity contribution in [2.75, 3.05) is 0 Å². The number of carbonyl (C=O) groups excluding carboxylic acids is 1. The van der Waals surface area contributed by atoms with Gasteiger partial charge in [0.05, 0.1) is 0 Å². The molecule has 0 rings (SSSR count). The fourth-order valence-electron chi connectivity index (χ4n) is 0. The maximum atomic E-state index is 8.94. The van der Waals surface area contributed by atoms with Crippen LogP contribution in [0.1, 0.15) is 0 Å². The summed E-state index contributed by atoms with van der Waals surface area (Å²) in [5.41, 5.74) is 1.75. The summed E-state index contributed by atoms with van der Waals surface area (Å²) in [6.45, 7) is 0. The molecule has 26 valence electrons. The fourth-order valence-corrected chi connectivity index (χ4v) is 0. The third-order valence-corrected chi connectivity index (χ3v) is 0.0680. The molecular weight excluding hydrogens is 79.0 g/mol. The predicted octanol–water partition coefficient (Wildman–Crippen LogP) is -2.04. The summed E-state index contributed by atoms with van der Waals surface area (Å²) in [6.07, 6.45) is 0.403. The zero-order valence-corrected chi connectivity index (χ0v) is 2.06. The van der Waals surface area contributed by atoms with Gasteiger partial charge in [-0.2, -0.15) is 0 Å². The Hall–Kier alpha value is 0.430. The summed E-state index contributed by atoms with van der Waals surface area (Å²) < 4.78 is 0. The molecule has 0 heterocycles. The van der Waals surface area contributed by atoms with Gasteiger partial charge < -0.3 is 0 Å². The number of hydrogen-bond acceptors (Lipinski definition) is 2. The van der Waals surface area contributed by atoms with E-state index in [0.717, 1.165) is 0 Å². The van der Waals surface area contributed by atoms with Gasteiger partial charge in [-0.05, 0) is 0 Å². The Kier molecular flexibility index (Phi) is 16.0. The third-order valence-electron chi connectivity index (χ3n) is 0.0680. The van der Waals surface area contributed by atoms with Crippen LogP contribution in [0.15, 0.2) is 0 Å². The first-order chi connectivity index (χ1) is 1.91. The Morgan fingerprint density at radius 3 is 2.00 bits per heavy atom. The van der Waals surface area contributed by atoms with E-state index in [4.69, 9.17) is 4.79 Å². The second-order valence-corrected chi connectivity index (χ2v) is 0.285. The van der Waals surface area contributed by atoms with Crippen LogP contribution in [0.25, 0.3) is 0 Å². The molecule has 3 N–H and O–H groups in total. The van der Waals surface area contributed by atoms with Gasteiger partial charge in [0.25, 0.3) is 0 Å². The van der Waals surface area contributed by atoms with E-state index in [2.05, 4.69) is 5.84 Å². The van der Waals surface area contributed by atoms with Gasteiger partial charge in [-0.1, -0.05) is 0 Å². The van der Waals surface area contributed by atoms with Crippen LogP contribution < -0.4 is 11.3 Å². The van der Waals surface area contributed by atoms with Crippen molar-refractivity contribution >= 4 is 36.0 Å². The van der Waals surface area contributed by atoms with Crippen LogP contribution in [0.4, 0.5) is 0 Å². The number of nitrogens with two attached hydrogens (primary N) is 1. The second-order valence-electron chi connectivity index (χ2n) is 0.285. The molecule has 1 amide bonds. The van der Waals surface area contributed by atoms with E-state index < -0.39 is 0 Å². The number of rotatable bonds is 1. The number of hydrogen-bond donors (Lipinski definition) is 2. The number of amides is 1. The van der Waals surface area contributed by atoms with Crippen molar-refractivity contribution in [2.45, 2.75) is 0 Å². The first kappa shape index (κ1) is 9.06. The summed E-state index contributed by atoms with van der Waals surface area (Å²) in [6, 6.07) is 0. The molecule has 0 radical (unpaired) electrons. The summed E-state index contributed by atoms with van der Waals surface area (Å²) in [4.78, 5) is 8.94. The van der Waals surface area contributed by atoms with Crippen LogP contribution in [0.5, 0.6) is 0 Å². The molecule has 0 aliphatic heterocycles. The predicted molar refractivity (Wildman–Crippen MR) is 20.5 cm³/mol. The molecular formula is CH5N2NaO. The number of carbonyl (C=O) groups is 1. The van der Waals surface area contributed by atoms with E-state index in [9.17, 15) is 0 Å². The standard InChI is InChI=1S/CH4N2O.Na.H/c2-3-1-4;;/h1H,2H2,(H,3,4);;. The molecule has 0 spiro atoms. The Labute approximate surface area is 52.2 Å². The van der Waals surface area contributed by atoms with Crippen LogP contribution >= 0.6 is 0 Å². The zero-order valence-electron chi connectivity index (χ0n) is 2.06.